The van der Waals surface area contributed by atoms with Crippen LogP contribution < -0.4 is 5.73 Å². The van der Waals surface area contributed by atoms with Gasteiger partial charge in [0.15, 0.2) is 5.82 Å². The van der Waals surface area contributed by atoms with Crippen LogP contribution in [0.4, 0.5) is 0 Å². The molecule has 0 spiro atoms. The van der Waals surface area contributed by atoms with Gasteiger partial charge < -0.3 is 15.3 Å². The second-order valence-electron chi connectivity index (χ2n) is 5.13. The predicted molar refractivity (Wildman–Crippen MR) is 77.8 cm³/mol. The first-order chi connectivity index (χ1) is 9.06. The van der Waals surface area contributed by atoms with E-state index in [0.29, 0.717) is 0 Å². The highest BCUT2D eigenvalue weighted by atomic mass is 15.0. The average Bonchev–Trinajstić information content (AvgIpc) is 2.95. The summed E-state index contributed by atoms with van der Waals surface area (Å²) in [5, 5.41) is 1.22. The van der Waals surface area contributed by atoms with Crippen LogP contribution in [0.1, 0.15) is 24.2 Å². The van der Waals surface area contributed by atoms with Crippen molar-refractivity contribution in [1.29, 1.82) is 0 Å². The van der Waals surface area contributed by atoms with E-state index < -0.39 is 0 Å². The van der Waals surface area contributed by atoms with Gasteiger partial charge in [0.05, 0.1) is 17.6 Å². The molecule has 0 amide bonds. The molecule has 19 heavy (non-hydrogen) atoms. The molecule has 1 atom stereocenters. The molecule has 0 aliphatic rings. The molecule has 0 unspecified atom stereocenters. The Balaban J connectivity index is 2.16. The summed E-state index contributed by atoms with van der Waals surface area (Å²) in [4.78, 5) is 7.72. The second kappa shape index (κ2) is 4.24. The second-order valence-corrected chi connectivity index (χ2v) is 5.13. The van der Waals surface area contributed by atoms with Gasteiger partial charge in [-0.15, -0.1) is 0 Å². The first kappa shape index (κ1) is 12.0. The summed E-state index contributed by atoms with van der Waals surface area (Å²) in [5.41, 5.74) is 10.4. The van der Waals surface area contributed by atoms with Gasteiger partial charge in [0.25, 0.3) is 0 Å². The molecule has 98 valence electrons. The van der Waals surface area contributed by atoms with Crippen LogP contribution in [0.15, 0.2) is 30.5 Å². The number of H-pyrrole nitrogens is 1. The highest BCUT2D eigenvalue weighted by molar-refractivity contribution is 5.86. The fraction of sp³-hybridized carbons (Fsp3) is 0.267. The van der Waals surface area contributed by atoms with Crippen molar-refractivity contribution in [3.63, 3.8) is 0 Å². The van der Waals surface area contributed by atoms with Crippen molar-refractivity contribution in [3.8, 4) is 11.5 Å². The van der Waals surface area contributed by atoms with Gasteiger partial charge in [0, 0.05) is 24.0 Å². The maximum absolute atomic E-state index is 5.86. The molecule has 3 rings (SSSR count). The molecular weight excluding hydrogens is 236 g/mol. The van der Waals surface area contributed by atoms with Crippen LogP contribution in [0.5, 0.6) is 0 Å². The summed E-state index contributed by atoms with van der Waals surface area (Å²) >= 11 is 0. The molecule has 0 bridgehead atoms. The predicted octanol–water partition coefficient (Wildman–Crippen LogP) is 2.90. The van der Waals surface area contributed by atoms with E-state index in [1.54, 1.807) is 0 Å². The van der Waals surface area contributed by atoms with E-state index in [4.69, 9.17) is 5.73 Å². The highest BCUT2D eigenvalue weighted by Crippen LogP contribution is 2.26. The van der Waals surface area contributed by atoms with Gasteiger partial charge >= 0.3 is 0 Å². The molecule has 0 aliphatic heterocycles. The monoisotopic (exact) mass is 254 g/mol. The third-order valence-corrected chi connectivity index (χ3v) is 3.53. The molecule has 4 nitrogen and oxygen atoms in total. The van der Waals surface area contributed by atoms with Crippen molar-refractivity contribution >= 4 is 10.9 Å². The lowest BCUT2D eigenvalue weighted by Gasteiger charge is -2.02. The lowest BCUT2D eigenvalue weighted by molar-refractivity contribution is 0.789. The first-order valence-corrected chi connectivity index (χ1v) is 6.43. The average molecular weight is 254 g/mol. The number of nitrogens with one attached hydrogen (secondary N) is 1. The number of aromatic nitrogens is 3. The van der Waals surface area contributed by atoms with E-state index in [9.17, 15) is 0 Å². The van der Waals surface area contributed by atoms with Gasteiger partial charge in [0.1, 0.15) is 0 Å². The summed E-state index contributed by atoms with van der Waals surface area (Å²) in [6.07, 6.45) is 1.81. The van der Waals surface area contributed by atoms with Gasteiger partial charge in [-0.1, -0.05) is 12.1 Å². The zero-order chi connectivity index (χ0) is 13.6. The molecule has 4 heteroatoms. The number of aromatic amines is 1. The van der Waals surface area contributed by atoms with Crippen LogP contribution in [-0.2, 0) is 7.05 Å². The van der Waals surface area contributed by atoms with Crippen LogP contribution >= 0.6 is 0 Å². The molecule has 0 aliphatic carbocycles. The van der Waals surface area contributed by atoms with Crippen LogP contribution in [0.2, 0.25) is 0 Å². The first-order valence-electron chi connectivity index (χ1n) is 6.43. The molecule has 3 N–H and O–H groups in total. The topological polar surface area (TPSA) is 59.6 Å². The lowest BCUT2D eigenvalue weighted by atomic mass is 10.2. The number of aryl methyl sites for hydroxylation is 2. The molecule has 2 aromatic heterocycles. The molecule has 1 aromatic carbocycles. The number of rotatable bonds is 2. The molecular formula is C15H18N4. The van der Waals surface area contributed by atoms with Gasteiger partial charge in [-0.05, 0) is 31.5 Å². The Labute approximate surface area is 112 Å². The van der Waals surface area contributed by atoms with E-state index in [2.05, 4.69) is 52.8 Å². The van der Waals surface area contributed by atoms with Crippen molar-refractivity contribution in [2.75, 3.05) is 0 Å². The minimum absolute atomic E-state index is 0.0295. The Morgan fingerprint density at radius 2 is 2.11 bits per heavy atom. The Hall–Kier alpha value is -2.07. The van der Waals surface area contributed by atoms with E-state index in [-0.39, 0.29) is 6.04 Å². The van der Waals surface area contributed by atoms with Crippen LogP contribution in [0.3, 0.4) is 0 Å². The number of nitrogens with two attached hydrogens (primary N) is 1. The number of imidazole rings is 1. The van der Waals surface area contributed by atoms with E-state index in [1.165, 1.54) is 16.5 Å². The Morgan fingerprint density at radius 1 is 1.32 bits per heavy atom. The molecule has 0 radical (unpaired) electrons. The third kappa shape index (κ3) is 1.94. The van der Waals surface area contributed by atoms with E-state index in [0.717, 1.165) is 17.2 Å². The number of benzene rings is 1. The largest absolute Gasteiger partial charge is 0.341 e. The summed E-state index contributed by atoms with van der Waals surface area (Å²) in [6.45, 7) is 4.05. The van der Waals surface area contributed by atoms with Crippen LogP contribution in [0.25, 0.3) is 22.4 Å². The quantitative estimate of drug-likeness (QED) is 0.738. The maximum atomic E-state index is 5.86. The summed E-state index contributed by atoms with van der Waals surface area (Å²) in [7, 11) is 2.06. The normalized spacial score (nSPS) is 13.1. The molecule has 0 fully saturated rings. The van der Waals surface area contributed by atoms with E-state index >= 15 is 0 Å². The molecule has 0 saturated carbocycles. The Morgan fingerprint density at radius 3 is 2.79 bits per heavy atom. The van der Waals surface area contributed by atoms with Gasteiger partial charge in [-0.3, -0.25) is 0 Å². The Bertz CT molecular complexity index is 734. The van der Waals surface area contributed by atoms with E-state index in [1.807, 2.05) is 13.1 Å². The van der Waals surface area contributed by atoms with Crippen LogP contribution in [-0.4, -0.2) is 14.5 Å². The maximum Gasteiger partial charge on any atom is 0.154 e. The Kier molecular flexibility index (Phi) is 2.68. The number of hydrogen-bond donors (Lipinski definition) is 2. The zero-order valence-electron chi connectivity index (χ0n) is 11.4. The lowest BCUT2D eigenvalue weighted by Crippen LogP contribution is -2.05. The fourth-order valence-electron chi connectivity index (χ4n) is 2.36. The molecule has 2 heterocycles. The van der Waals surface area contributed by atoms with Crippen molar-refractivity contribution in [1.82, 2.24) is 14.5 Å². The SMILES string of the molecule is Cc1ccc2cc(-c3ncc([C@H](C)N)[nH]3)n(C)c2c1. The highest BCUT2D eigenvalue weighted by Gasteiger charge is 2.12. The molecule has 3 aromatic rings. The fourth-order valence-corrected chi connectivity index (χ4v) is 2.36. The zero-order valence-corrected chi connectivity index (χ0v) is 11.4. The van der Waals surface area contributed by atoms with Gasteiger partial charge in [-0.25, -0.2) is 4.98 Å². The van der Waals surface area contributed by atoms with Crippen molar-refractivity contribution < 1.29 is 0 Å². The van der Waals surface area contributed by atoms with Gasteiger partial charge in [-0.2, -0.15) is 0 Å². The number of hydrogen-bond acceptors (Lipinski definition) is 2. The summed E-state index contributed by atoms with van der Waals surface area (Å²) < 4.78 is 2.16. The van der Waals surface area contributed by atoms with Crippen LogP contribution in [0, 0.1) is 6.92 Å². The third-order valence-electron chi connectivity index (χ3n) is 3.53. The number of nitrogens with zero attached hydrogens (tertiary/aromatic N) is 2. The number of fused-ring (bicyclic) bond motifs is 1. The smallest absolute Gasteiger partial charge is 0.154 e. The summed E-state index contributed by atoms with van der Waals surface area (Å²) in [6, 6.07) is 8.58. The van der Waals surface area contributed by atoms with Gasteiger partial charge in [0.2, 0.25) is 0 Å². The standard InChI is InChI=1S/C15H18N4/c1-9-4-5-11-7-14(19(3)13(11)6-9)15-17-8-12(18-15)10(2)16/h4-8,10H,16H2,1-3H3,(H,17,18)/t10-/m0/s1. The minimum Gasteiger partial charge on any atom is -0.341 e. The van der Waals surface area contributed by atoms with Crippen molar-refractivity contribution in [3.05, 3.63) is 41.7 Å². The van der Waals surface area contributed by atoms with Crippen molar-refractivity contribution in [2.45, 2.75) is 19.9 Å². The van der Waals surface area contributed by atoms with Crippen molar-refractivity contribution in [2.24, 2.45) is 12.8 Å². The summed E-state index contributed by atoms with van der Waals surface area (Å²) in [5.74, 6) is 0.864. The minimum atomic E-state index is -0.0295. The molecule has 0 saturated heterocycles.